The number of halogens is 1. The minimum Gasteiger partial charge on any atom is -0.487 e. The van der Waals surface area contributed by atoms with E-state index in [-0.39, 0.29) is 0 Å². The first-order valence-electron chi connectivity index (χ1n) is 5.33. The Hall–Kier alpha value is -1.55. The third kappa shape index (κ3) is 2.77. The van der Waals surface area contributed by atoms with Gasteiger partial charge < -0.3 is 4.74 Å². The van der Waals surface area contributed by atoms with Crippen molar-refractivity contribution in [3.05, 3.63) is 41.2 Å². The highest BCUT2D eigenvalue weighted by atomic mass is 35.5. The van der Waals surface area contributed by atoms with Crippen LogP contribution in [0, 0.1) is 6.92 Å². The first-order chi connectivity index (χ1) is 8.20. The highest BCUT2D eigenvalue weighted by Gasteiger charge is 2.07. The van der Waals surface area contributed by atoms with E-state index in [2.05, 4.69) is 10.3 Å². The molecule has 0 radical (unpaired) electrons. The molecule has 1 heterocycles. The Balaban J connectivity index is 2.13. The lowest BCUT2D eigenvalue weighted by Gasteiger charge is -2.11. The molecule has 1 aromatic carbocycles. The Labute approximate surface area is 105 Å². The lowest BCUT2D eigenvalue weighted by Crippen LogP contribution is -2.00. The van der Waals surface area contributed by atoms with Crippen LogP contribution in [-0.2, 0) is 19.5 Å². The fourth-order valence-electron chi connectivity index (χ4n) is 1.63. The van der Waals surface area contributed by atoms with E-state index in [1.54, 1.807) is 4.68 Å². The summed E-state index contributed by atoms with van der Waals surface area (Å²) in [6, 6.07) is 5.94. The van der Waals surface area contributed by atoms with Crippen LogP contribution in [0.15, 0.2) is 24.4 Å². The van der Waals surface area contributed by atoms with Crippen molar-refractivity contribution < 1.29 is 4.74 Å². The summed E-state index contributed by atoms with van der Waals surface area (Å²) >= 11 is 5.88. The second-order valence-electron chi connectivity index (χ2n) is 3.87. The normalized spacial score (nSPS) is 10.5. The van der Waals surface area contributed by atoms with Crippen molar-refractivity contribution in [3.63, 3.8) is 0 Å². The van der Waals surface area contributed by atoms with Gasteiger partial charge in [-0.3, -0.25) is 4.68 Å². The molecule has 0 aliphatic carbocycles. The molecule has 17 heavy (non-hydrogen) atoms. The molecule has 90 valence electrons. The number of aromatic nitrogens is 3. The number of aryl methyl sites for hydroxylation is 2. The summed E-state index contributed by atoms with van der Waals surface area (Å²) in [5, 5.41) is 7.83. The Morgan fingerprint density at radius 1 is 1.41 bits per heavy atom. The summed E-state index contributed by atoms with van der Waals surface area (Å²) in [4.78, 5) is 0. The molecule has 0 aliphatic rings. The first kappa shape index (κ1) is 11.9. The fourth-order valence-corrected chi connectivity index (χ4v) is 1.84. The largest absolute Gasteiger partial charge is 0.487 e. The van der Waals surface area contributed by atoms with Gasteiger partial charge in [0.05, 0.1) is 12.1 Å². The first-order valence-corrected chi connectivity index (χ1v) is 5.86. The van der Waals surface area contributed by atoms with Gasteiger partial charge in [-0.05, 0) is 12.5 Å². The van der Waals surface area contributed by atoms with Gasteiger partial charge in [0, 0.05) is 12.6 Å². The maximum Gasteiger partial charge on any atom is 0.134 e. The quantitative estimate of drug-likeness (QED) is 0.784. The van der Waals surface area contributed by atoms with E-state index >= 15 is 0 Å². The average Bonchev–Trinajstić information content (AvgIpc) is 2.73. The zero-order valence-corrected chi connectivity index (χ0v) is 10.6. The monoisotopic (exact) mass is 251 g/mol. The van der Waals surface area contributed by atoms with Gasteiger partial charge in [-0.1, -0.05) is 23.4 Å². The summed E-state index contributed by atoms with van der Waals surface area (Å²) in [6.07, 6.45) is 1.83. The molecule has 2 aromatic rings. The molecule has 0 aliphatic heterocycles. The van der Waals surface area contributed by atoms with Crippen LogP contribution in [0.25, 0.3) is 0 Å². The third-order valence-corrected chi connectivity index (χ3v) is 2.74. The van der Waals surface area contributed by atoms with E-state index in [1.807, 2.05) is 38.4 Å². The van der Waals surface area contributed by atoms with Crippen LogP contribution in [-0.4, -0.2) is 15.0 Å². The van der Waals surface area contributed by atoms with E-state index in [4.69, 9.17) is 16.3 Å². The van der Waals surface area contributed by atoms with Crippen molar-refractivity contribution in [1.29, 1.82) is 0 Å². The van der Waals surface area contributed by atoms with Gasteiger partial charge >= 0.3 is 0 Å². The smallest absolute Gasteiger partial charge is 0.134 e. The Morgan fingerprint density at radius 2 is 2.24 bits per heavy atom. The molecule has 4 nitrogen and oxygen atoms in total. The van der Waals surface area contributed by atoms with Gasteiger partial charge in [-0.2, -0.15) is 0 Å². The van der Waals surface area contributed by atoms with Crippen molar-refractivity contribution in [3.8, 4) is 5.75 Å². The summed E-state index contributed by atoms with van der Waals surface area (Å²) in [5.41, 5.74) is 2.87. The van der Waals surface area contributed by atoms with Gasteiger partial charge in [-0.25, -0.2) is 0 Å². The van der Waals surface area contributed by atoms with Crippen LogP contribution in [0.4, 0.5) is 0 Å². The lowest BCUT2D eigenvalue weighted by molar-refractivity contribution is 0.296. The highest BCUT2D eigenvalue weighted by molar-refractivity contribution is 6.17. The number of ether oxygens (including phenoxy) is 1. The van der Waals surface area contributed by atoms with Gasteiger partial charge in [0.15, 0.2) is 0 Å². The molecule has 0 saturated carbocycles. The predicted molar refractivity (Wildman–Crippen MR) is 66.1 cm³/mol. The second kappa shape index (κ2) is 5.19. The number of benzene rings is 1. The molecule has 1 aromatic heterocycles. The van der Waals surface area contributed by atoms with Crippen molar-refractivity contribution in [2.45, 2.75) is 19.4 Å². The average molecular weight is 252 g/mol. The molecule has 0 fully saturated rings. The van der Waals surface area contributed by atoms with Crippen molar-refractivity contribution in [2.24, 2.45) is 7.05 Å². The van der Waals surface area contributed by atoms with E-state index in [0.29, 0.717) is 12.5 Å². The molecule has 0 unspecified atom stereocenters. The van der Waals surface area contributed by atoms with Crippen LogP contribution < -0.4 is 4.74 Å². The summed E-state index contributed by atoms with van der Waals surface area (Å²) in [5.74, 6) is 1.28. The zero-order chi connectivity index (χ0) is 12.3. The SMILES string of the molecule is Cc1cccc(CCl)c1OCc1cn(C)nn1. The minimum atomic E-state index is 0.405. The third-order valence-electron chi connectivity index (χ3n) is 2.45. The fraction of sp³-hybridized carbons (Fsp3) is 0.333. The molecule has 2 rings (SSSR count). The van der Waals surface area contributed by atoms with E-state index in [0.717, 1.165) is 22.6 Å². The number of para-hydroxylation sites is 1. The summed E-state index contributed by atoms with van der Waals surface area (Å²) < 4.78 is 7.41. The molecule has 0 saturated heterocycles. The Bertz CT molecular complexity index is 510. The molecule has 0 N–H and O–H groups in total. The Morgan fingerprint density at radius 3 is 2.88 bits per heavy atom. The number of hydrogen-bond donors (Lipinski definition) is 0. The van der Waals surface area contributed by atoms with E-state index in [1.165, 1.54) is 0 Å². The summed E-state index contributed by atoms with van der Waals surface area (Å²) in [7, 11) is 1.83. The van der Waals surface area contributed by atoms with Gasteiger partial charge in [0.1, 0.15) is 18.1 Å². The van der Waals surface area contributed by atoms with E-state index < -0.39 is 0 Å². The van der Waals surface area contributed by atoms with Crippen LogP contribution >= 0.6 is 11.6 Å². The van der Waals surface area contributed by atoms with Crippen LogP contribution in [0.5, 0.6) is 5.75 Å². The predicted octanol–water partition coefficient (Wildman–Crippen LogP) is 2.44. The maximum atomic E-state index is 5.88. The molecule has 0 atom stereocenters. The maximum absolute atomic E-state index is 5.88. The number of hydrogen-bond acceptors (Lipinski definition) is 3. The van der Waals surface area contributed by atoms with Crippen LogP contribution in [0.3, 0.4) is 0 Å². The molecule has 5 heteroatoms. The van der Waals surface area contributed by atoms with Crippen LogP contribution in [0.1, 0.15) is 16.8 Å². The zero-order valence-electron chi connectivity index (χ0n) is 9.85. The second-order valence-corrected chi connectivity index (χ2v) is 4.14. The summed E-state index contributed by atoms with van der Waals surface area (Å²) in [6.45, 7) is 2.41. The topological polar surface area (TPSA) is 39.9 Å². The van der Waals surface area contributed by atoms with Crippen molar-refractivity contribution in [2.75, 3.05) is 0 Å². The number of alkyl halides is 1. The van der Waals surface area contributed by atoms with Crippen LogP contribution in [0.2, 0.25) is 0 Å². The lowest BCUT2D eigenvalue weighted by atomic mass is 10.1. The van der Waals surface area contributed by atoms with Gasteiger partial charge in [0.2, 0.25) is 0 Å². The molecule has 0 amide bonds. The minimum absolute atomic E-state index is 0.405. The van der Waals surface area contributed by atoms with Gasteiger partial charge in [-0.15, -0.1) is 16.7 Å². The molecule has 0 spiro atoms. The Kier molecular flexibility index (Phi) is 3.64. The highest BCUT2D eigenvalue weighted by Crippen LogP contribution is 2.25. The van der Waals surface area contributed by atoms with Crippen molar-refractivity contribution in [1.82, 2.24) is 15.0 Å². The van der Waals surface area contributed by atoms with Crippen molar-refractivity contribution >= 4 is 11.6 Å². The molecule has 0 bridgehead atoms. The molecular weight excluding hydrogens is 238 g/mol. The van der Waals surface area contributed by atoms with Gasteiger partial charge in [0.25, 0.3) is 0 Å². The standard InChI is InChI=1S/C12H14ClN3O/c1-9-4-3-5-10(6-13)12(9)17-8-11-7-16(2)15-14-11/h3-5,7H,6,8H2,1-2H3. The van der Waals surface area contributed by atoms with E-state index in [9.17, 15) is 0 Å². The number of rotatable bonds is 4. The number of nitrogens with zero attached hydrogens (tertiary/aromatic N) is 3. The molecular formula is C12H14ClN3O.